The van der Waals surface area contributed by atoms with Gasteiger partial charge in [0.15, 0.2) is 5.82 Å². The third-order valence-electron chi connectivity index (χ3n) is 2.63. The number of nitrogens with zero attached hydrogens (tertiary/aromatic N) is 3. The number of hydrogen-bond donors (Lipinski definition) is 1. The Bertz CT molecular complexity index is 536. The highest BCUT2D eigenvalue weighted by Gasteiger charge is 2.27. The molecule has 2 aromatic heterocycles. The molecule has 0 amide bonds. The molecular weight excluding hydrogens is 212 g/mol. The number of aromatic nitrogens is 3. The van der Waals surface area contributed by atoms with E-state index in [0.29, 0.717) is 22.4 Å². The maximum Gasteiger partial charge on any atom is 0.153 e. The van der Waals surface area contributed by atoms with Gasteiger partial charge in [-0.3, -0.25) is 0 Å². The van der Waals surface area contributed by atoms with Gasteiger partial charge in [-0.05, 0) is 30.4 Å². The number of rotatable bonds is 1. The molecule has 0 bridgehead atoms. The van der Waals surface area contributed by atoms with Crippen molar-refractivity contribution < 1.29 is 0 Å². The topological polar surface area (TPSA) is 64.7 Å². The van der Waals surface area contributed by atoms with Gasteiger partial charge < -0.3 is 5.73 Å². The molecule has 2 aromatic rings. The van der Waals surface area contributed by atoms with E-state index in [1.807, 2.05) is 6.07 Å². The number of nitrogen functional groups attached to an aromatic ring is 1. The molecule has 5 heteroatoms. The van der Waals surface area contributed by atoms with E-state index < -0.39 is 0 Å². The van der Waals surface area contributed by atoms with Gasteiger partial charge in [-0.25, -0.2) is 15.0 Å². The van der Waals surface area contributed by atoms with Gasteiger partial charge in [0.1, 0.15) is 17.0 Å². The molecule has 0 aromatic carbocycles. The highest BCUT2D eigenvalue weighted by molar-refractivity contribution is 6.30. The normalized spacial score (nSPS) is 15.8. The number of halogens is 1. The van der Waals surface area contributed by atoms with Crippen LogP contribution in [0.2, 0.25) is 5.15 Å². The van der Waals surface area contributed by atoms with Gasteiger partial charge in [0.25, 0.3) is 0 Å². The van der Waals surface area contributed by atoms with Crippen molar-refractivity contribution in [2.45, 2.75) is 18.8 Å². The predicted octanol–water partition coefficient (Wildman–Crippen LogP) is 2.14. The largest absolute Gasteiger partial charge is 0.382 e. The summed E-state index contributed by atoms with van der Waals surface area (Å²) in [6, 6.07) is 1.88. The van der Waals surface area contributed by atoms with Crippen LogP contribution in [-0.4, -0.2) is 15.0 Å². The molecule has 2 heterocycles. The highest BCUT2D eigenvalue weighted by Crippen LogP contribution is 2.43. The maximum atomic E-state index is 5.95. The van der Waals surface area contributed by atoms with Crippen LogP contribution in [0, 0.1) is 0 Å². The second-order valence-corrected chi connectivity index (χ2v) is 4.15. The Balaban J connectivity index is 2.38. The predicted molar refractivity (Wildman–Crippen MR) is 58.7 cm³/mol. The van der Waals surface area contributed by atoms with Crippen LogP contribution in [0.5, 0.6) is 0 Å². The van der Waals surface area contributed by atoms with E-state index in [0.717, 1.165) is 11.1 Å². The standard InChI is InChI=1S/C10H9ClN4/c11-7-3-6(5-1-2-5)8-9(15-7)10(12)14-4-13-8/h3-5H,1-2H2,(H2,12,13,14). The van der Waals surface area contributed by atoms with Crippen molar-refractivity contribution in [2.75, 3.05) is 5.73 Å². The summed E-state index contributed by atoms with van der Waals surface area (Å²) in [4.78, 5) is 12.3. The zero-order valence-corrected chi connectivity index (χ0v) is 8.70. The zero-order valence-electron chi connectivity index (χ0n) is 7.94. The quantitative estimate of drug-likeness (QED) is 0.748. The number of nitrogens with two attached hydrogens (primary N) is 1. The van der Waals surface area contributed by atoms with Crippen molar-refractivity contribution in [2.24, 2.45) is 0 Å². The van der Waals surface area contributed by atoms with Crippen LogP contribution in [0.3, 0.4) is 0 Å². The van der Waals surface area contributed by atoms with Crippen LogP contribution in [0.4, 0.5) is 5.82 Å². The molecule has 0 radical (unpaired) electrons. The molecule has 4 nitrogen and oxygen atoms in total. The fourth-order valence-corrected chi connectivity index (χ4v) is 1.96. The van der Waals surface area contributed by atoms with Gasteiger partial charge in [0.2, 0.25) is 0 Å². The minimum absolute atomic E-state index is 0.393. The van der Waals surface area contributed by atoms with Gasteiger partial charge in [0.05, 0.1) is 5.52 Å². The fraction of sp³-hybridized carbons (Fsp3) is 0.300. The van der Waals surface area contributed by atoms with E-state index in [-0.39, 0.29) is 0 Å². The Labute approximate surface area is 91.5 Å². The third-order valence-corrected chi connectivity index (χ3v) is 2.83. The van der Waals surface area contributed by atoms with Crippen LogP contribution >= 0.6 is 11.6 Å². The summed E-state index contributed by atoms with van der Waals surface area (Å²) in [6.45, 7) is 0. The molecule has 0 spiro atoms. The lowest BCUT2D eigenvalue weighted by Gasteiger charge is -2.05. The summed E-state index contributed by atoms with van der Waals surface area (Å²) >= 11 is 5.95. The summed E-state index contributed by atoms with van der Waals surface area (Å²) in [6.07, 6.45) is 3.86. The molecule has 2 N–H and O–H groups in total. The number of hydrogen-bond acceptors (Lipinski definition) is 4. The van der Waals surface area contributed by atoms with Gasteiger partial charge in [0, 0.05) is 0 Å². The Hall–Kier alpha value is -1.42. The van der Waals surface area contributed by atoms with E-state index in [2.05, 4.69) is 15.0 Å². The smallest absolute Gasteiger partial charge is 0.153 e. The Kier molecular flexibility index (Phi) is 1.79. The van der Waals surface area contributed by atoms with E-state index >= 15 is 0 Å². The lowest BCUT2D eigenvalue weighted by Crippen LogP contribution is -1.98. The first-order valence-corrected chi connectivity index (χ1v) is 5.20. The van der Waals surface area contributed by atoms with Crippen molar-refractivity contribution in [3.63, 3.8) is 0 Å². The van der Waals surface area contributed by atoms with E-state index in [1.165, 1.54) is 19.2 Å². The molecule has 1 fully saturated rings. The summed E-state index contributed by atoms with van der Waals surface area (Å²) in [5, 5.41) is 0.464. The van der Waals surface area contributed by atoms with Gasteiger partial charge in [-0.2, -0.15) is 0 Å². The molecule has 0 atom stereocenters. The Morgan fingerprint density at radius 2 is 2.07 bits per heavy atom. The van der Waals surface area contributed by atoms with Crippen molar-refractivity contribution in [3.8, 4) is 0 Å². The summed E-state index contributed by atoms with van der Waals surface area (Å²) in [5.74, 6) is 0.965. The molecule has 1 aliphatic carbocycles. The first-order chi connectivity index (χ1) is 7.25. The average molecular weight is 221 g/mol. The molecule has 0 unspecified atom stereocenters. The number of anilines is 1. The third kappa shape index (κ3) is 1.41. The van der Waals surface area contributed by atoms with E-state index in [1.54, 1.807) is 0 Å². The van der Waals surface area contributed by atoms with E-state index in [9.17, 15) is 0 Å². The molecule has 15 heavy (non-hydrogen) atoms. The molecule has 1 saturated carbocycles. The second-order valence-electron chi connectivity index (χ2n) is 3.76. The van der Waals surface area contributed by atoms with Crippen molar-refractivity contribution >= 4 is 28.5 Å². The summed E-state index contributed by atoms with van der Waals surface area (Å²) in [7, 11) is 0. The van der Waals surface area contributed by atoms with Crippen LogP contribution in [-0.2, 0) is 0 Å². The molecule has 3 rings (SSSR count). The molecule has 1 aliphatic rings. The summed E-state index contributed by atoms with van der Waals surface area (Å²) in [5.41, 5.74) is 8.35. The van der Waals surface area contributed by atoms with Crippen LogP contribution in [0.1, 0.15) is 24.3 Å². The lowest BCUT2D eigenvalue weighted by atomic mass is 10.1. The molecular formula is C10H9ClN4. The Morgan fingerprint density at radius 1 is 1.27 bits per heavy atom. The SMILES string of the molecule is Nc1ncnc2c(C3CC3)cc(Cl)nc12. The van der Waals surface area contributed by atoms with Crippen molar-refractivity contribution in [1.29, 1.82) is 0 Å². The number of fused-ring (bicyclic) bond motifs is 1. The van der Waals surface area contributed by atoms with Crippen molar-refractivity contribution in [1.82, 2.24) is 15.0 Å². The van der Waals surface area contributed by atoms with Gasteiger partial charge >= 0.3 is 0 Å². The van der Waals surface area contributed by atoms with Gasteiger partial charge in [-0.15, -0.1) is 0 Å². The first-order valence-electron chi connectivity index (χ1n) is 4.82. The lowest BCUT2D eigenvalue weighted by molar-refractivity contribution is 1.10. The molecule has 0 aliphatic heterocycles. The van der Waals surface area contributed by atoms with Gasteiger partial charge in [-0.1, -0.05) is 11.6 Å². The second kappa shape index (κ2) is 3.03. The average Bonchev–Trinajstić information content (AvgIpc) is 3.02. The zero-order chi connectivity index (χ0) is 10.4. The maximum absolute atomic E-state index is 5.95. The minimum atomic E-state index is 0.393. The monoisotopic (exact) mass is 220 g/mol. The van der Waals surface area contributed by atoms with Crippen LogP contribution < -0.4 is 5.73 Å². The van der Waals surface area contributed by atoms with Crippen LogP contribution in [0.25, 0.3) is 11.0 Å². The van der Waals surface area contributed by atoms with Crippen LogP contribution in [0.15, 0.2) is 12.4 Å². The molecule has 0 saturated heterocycles. The minimum Gasteiger partial charge on any atom is -0.382 e. The first kappa shape index (κ1) is 8.85. The van der Waals surface area contributed by atoms with Crippen molar-refractivity contribution in [3.05, 3.63) is 23.1 Å². The summed E-state index contributed by atoms with van der Waals surface area (Å²) < 4.78 is 0. The number of pyridine rings is 1. The van der Waals surface area contributed by atoms with E-state index in [4.69, 9.17) is 17.3 Å². The Morgan fingerprint density at radius 3 is 2.80 bits per heavy atom. The fourth-order valence-electron chi connectivity index (χ4n) is 1.76. The highest BCUT2D eigenvalue weighted by atomic mass is 35.5. The molecule has 76 valence electrons.